The minimum atomic E-state index is -3.85. The van der Waals surface area contributed by atoms with Crippen molar-refractivity contribution < 1.29 is 22.7 Å². The number of hydrogen-bond donors (Lipinski definition) is 3. The maximum atomic E-state index is 12.4. The molecule has 0 radical (unpaired) electrons. The van der Waals surface area contributed by atoms with Crippen LogP contribution in [0.25, 0.3) is 0 Å². The Morgan fingerprint density at radius 3 is 2.68 bits per heavy atom. The van der Waals surface area contributed by atoms with E-state index in [4.69, 9.17) is 4.42 Å². The van der Waals surface area contributed by atoms with Crippen LogP contribution in [0.4, 0.5) is 5.69 Å². The lowest BCUT2D eigenvalue weighted by Gasteiger charge is -2.17. The Balaban J connectivity index is 2.23. The molecule has 0 aliphatic rings. The van der Waals surface area contributed by atoms with Crippen molar-refractivity contribution in [3.8, 4) is 0 Å². The summed E-state index contributed by atoms with van der Waals surface area (Å²) in [7, 11) is -3.85. The summed E-state index contributed by atoms with van der Waals surface area (Å²) in [6.07, 6.45) is 3.29. The molecule has 0 unspecified atom stereocenters. The van der Waals surface area contributed by atoms with Crippen LogP contribution in [0, 0.1) is 0 Å². The molecule has 7 nitrogen and oxygen atoms in total. The lowest BCUT2D eigenvalue weighted by Crippen LogP contribution is -2.24. The van der Waals surface area contributed by atoms with Crippen molar-refractivity contribution in [3.05, 3.63) is 47.9 Å². The zero-order valence-corrected chi connectivity index (χ0v) is 15.0. The van der Waals surface area contributed by atoms with Crippen LogP contribution in [-0.4, -0.2) is 25.5 Å². The maximum absolute atomic E-state index is 12.4. The molecule has 136 valence electrons. The van der Waals surface area contributed by atoms with E-state index >= 15 is 0 Å². The fourth-order valence-corrected chi connectivity index (χ4v) is 3.45. The maximum Gasteiger partial charge on any atom is 0.337 e. The molecule has 1 heterocycles. The first kappa shape index (κ1) is 19.0. The molecular weight excluding hydrogens is 344 g/mol. The number of sulfonamides is 1. The van der Waals surface area contributed by atoms with Gasteiger partial charge in [0.25, 0.3) is 0 Å². The topological polar surface area (TPSA) is 109 Å². The zero-order chi connectivity index (χ0) is 18.4. The number of hydrogen-bond acceptors (Lipinski definition) is 5. The predicted octanol–water partition coefficient (Wildman–Crippen LogP) is 3.06. The van der Waals surface area contributed by atoms with Gasteiger partial charge in [-0.15, -0.1) is 0 Å². The fourth-order valence-electron chi connectivity index (χ4n) is 2.43. The van der Waals surface area contributed by atoms with E-state index in [1.165, 1.54) is 18.4 Å². The van der Waals surface area contributed by atoms with Gasteiger partial charge in [-0.3, -0.25) is 0 Å². The molecule has 0 saturated carbocycles. The highest BCUT2D eigenvalue weighted by Crippen LogP contribution is 2.22. The van der Waals surface area contributed by atoms with E-state index in [1.54, 1.807) is 12.1 Å². The van der Waals surface area contributed by atoms with Crippen LogP contribution in [-0.2, 0) is 16.6 Å². The Kier molecular flexibility index (Phi) is 6.22. The molecule has 0 saturated heterocycles. The van der Waals surface area contributed by atoms with E-state index in [9.17, 15) is 18.3 Å². The molecule has 3 N–H and O–H groups in total. The van der Waals surface area contributed by atoms with E-state index in [0.717, 1.165) is 18.9 Å². The predicted molar refractivity (Wildman–Crippen MR) is 94.1 cm³/mol. The van der Waals surface area contributed by atoms with E-state index in [1.807, 2.05) is 13.8 Å². The summed E-state index contributed by atoms with van der Waals surface area (Å²) in [5.41, 5.74) is 0.322. The van der Waals surface area contributed by atoms with Crippen LogP contribution in [0.5, 0.6) is 0 Å². The van der Waals surface area contributed by atoms with Crippen LogP contribution in [0.2, 0.25) is 0 Å². The number of benzene rings is 1. The summed E-state index contributed by atoms with van der Waals surface area (Å²) in [4.78, 5) is 11.4. The lowest BCUT2D eigenvalue weighted by atomic mass is 10.1. The number of aromatic carboxylic acids is 1. The van der Waals surface area contributed by atoms with E-state index < -0.39 is 16.0 Å². The van der Waals surface area contributed by atoms with Gasteiger partial charge in [0.1, 0.15) is 5.76 Å². The third-order valence-corrected chi connectivity index (χ3v) is 5.07. The molecular formula is C17H22N2O5S. The van der Waals surface area contributed by atoms with Crippen LogP contribution >= 0.6 is 0 Å². The first-order valence-electron chi connectivity index (χ1n) is 7.99. The Bertz CT molecular complexity index is 816. The second kappa shape index (κ2) is 8.17. The second-order valence-electron chi connectivity index (χ2n) is 5.75. The minimum Gasteiger partial charge on any atom is -0.478 e. The molecule has 2 rings (SSSR count). The molecule has 0 spiro atoms. The molecule has 0 bridgehead atoms. The summed E-state index contributed by atoms with van der Waals surface area (Å²) in [6, 6.07) is 7.42. The molecule has 0 amide bonds. The highest BCUT2D eigenvalue weighted by molar-refractivity contribution is 7.89. The highest BCUT2D eigenvalue weighted by Gasteiger charge is 2.20. The smallest absolute Gasteiger partial charge is 0.337 e. The van der Waals surface area contributed by atoms with Crippen molar-refractivity contribution in [2.24, 2.45) is 0 Å². The quantitative estimate of drug-likeness (QED) is 0.629. The Morgan fingerprint density at radius 2 is 2.08 bits per heavy atom. The SMILES string of the molecule is CCC[C@H](C)Nc1ccc(S(=O)(=O)NCc2ccco2)cc1C(=O)O. The van der Waals surface area contributed by atoms with Crippen molar-refractivity contribution in [3.63, 3.8) is 0 Å². The highest BCUT2D eigenvalue weighted by atomic mass is 32.2. The van der Waals surface area contributed by atoms with E-state index in [0.29, 0.717) is 11.4 Å². The molecule has 8 heteroatoms. The number of carboxylic acid groups (broad SMARTS) is 1. The van der Waals surface area contributed by atoms with E-state index in [-0.39, 0.29) is 23.0 Å². The van der Waals surface area contributed by atoms with Gasteiger partial charge in [0.15, 0.2) is 0 Å². The van der Waals surface area contributed by atoms with Crippen molar-refractivity contribution in [1.29, 1.82) is 0 Å². The van der Waals surface area contributed by atoms with Gasteiger partial charge in [0.05, 0.1) is 23.3 Å². The molecule has 1 aromatic carbocycles. The number of carbonyl (C=O) groups is 1. The molecule has 0 aliphatic heterocycles. The normalized spacial score (nSPS) is 12.7. The zero-order valence-electron chi connectivity index (χ0n) is 14.2. The number of furan rings is 1. The molecule has 1 aromatic heterocycles. The summed E-state index contributed by atoms with van der Waals surface area (Å²) in [5, 5.41) is 12.5. The molecule has 25 heavy (non-hydrogen) atoms. The van der Waals surface area contributed by atoms with Gasteiger partial charge >= 0.3 is 5.97 Å². The Labute approximate surface area is 147 Å². The molecule has 2 aromatic rings. The van der Waals surface area contributed by atoms with Crippen LogP contribution in [0.1, 0.15) is 42.8 Å². The number of rotatable bonds is 9. The monoisotopic (exact) mass is 366 g/mol. The largest absolute Gasteiger partial charge is 0.478 e. The van der Waals surface area contributed by atoms with Gasteiger partial charge in [0, 0.05) is 11.7 Å². The Morgan fingerprint density at radius 1 is 1.32 bits per heavy atom. The summed E-state index contributed by atoms with van der Waals surface area (Å²) >= 11 is 0. The average Bonchev–Trinajstić information content (AvgIpc) is 3.06. The van der Waals surface area contributed by atoms with E-state index in [2.05, 4.69) is 10.0 Å². The molecule has 0 fully saturated rings. The molecule has 0 aliphatic carbocycles. The van der Waals surface area contributed by atoms with Gasteiger partial charge in [-0.2, -0.15) is 0 Å². The third-order valence-electron chi connectivity index (χ3n) is 3.67. The first-order valence-corrected chi connectivity index (χ1v) is 9.47. The van der Waals surface area contributed by atoms with Crippen molar-refractivity contribution in [2.45, 2.75) is 44.2 Å². The van der Waals surface area contributed by atoms with Crippen LogP contribution in [0.15, 0.2) is 45.9 Å². The van der Waals surface area contributed by atoms with Crippen molar-refractivity contribution >= 4 is 21.7 Å². The van der Waals surface area contributed by atoms with Gasteiger partial charge in [-0.05, 0) is 43.7 Å². The molecule has 1 atom stereocenters. The summed E-state index contributed by atoms with van der Waals surface area (Å²) in [5.74, 6) is -0.719. The van der Waals surface area contributed by atoms with Gasteiger partial charge < -0.3 is 14.8 Å². The van der Waals surface area contributed by atoms with Gasteiger partial charge in [-0.25, -0.2) is 17.9 Å². The van der Waals surface area contributed by atoms with Crippen LogP contribution in [0.3, 0.4) is 0 Å². The third kappa shape index (κ3) is 5.07. The first-order chi connectivity index (χ1) is 11.8. The minimum absolute atomic E-state index is 0.00866. The number of nitrogens with one attached hydrogen (secondary N) is 2. The second-order valence-corrected chi connectivity index (χ2v) is 7.52. The fraction of sp³-hybridized carbons (Fsp3) is 0.353. The lowest BCUT2D eigenvalue weighted by molar-refractivity contribution is 0.0697. The summed E-state index contributed by atoms with van der Waals surface area (Å²) < 4.78 is 32.2. The van der Waals surface area contributed by atoms with Gasteiger partial charge in [0.2, 0.25) is 10.0 Å². The summed E-state index contributed by atoms with van der Waals surface area (Å²) in [6.45, 7) is 3.98. The number of carboxylic acids is 1. The van der Waals surface area contributed by atoms with Crippen molar-refractivity contribution in [2.75, 3.05) is 5.32 Å². The van der Waals surface area contributed by atoms with Gasteiger partial charge in [-0.1, -0.05) is 13.3 Å². The average molecular weight is 366 g/mol. The number of anilines is 1. The van der Waals surface area contributed by atoms with Crippen molar-refractivity contribution in [1.82, 2.24) is 4.72 Å². The standard InChI is InChI=1S/C17H22N2O5S/c1-3-5-12(2)19-16-8-7-14(10-15(16)17(20)21)25(22,23)18-11-13-6-4-9-24-13/h4,6-10,12,18-19H,3,5,11H2,1-2H3,(H,20,21)/t12-/m0/s1. The van der Waals surface area contributed by atoms with Crippen LogP contribution < -0.4 is 10.0 Å². The Hall–Kier alpha value is -2.32.